The van der Waals surface area contributed by atoms with E-state index in [1.807, 2.05) is 19.9 Å². The SMILES string of the molecule is Cc1ccc(OCC(=O)NNC(=O)C2CC2c2ccccc2C(F)(F)F)cc1C. The molecule has 0 saturated heterocycles. The van der Waals surface area contributed by atoms with Gasteiger partial charge in [-0.25, -0.2) is 0 Å². The van der Waals surface area contributed by atoms with Crippen LogP contribution in [-0.4, -0.2) is 18.4 Å². The molecule has 0 heterocycles. The molecule has 8 heteroatoms. The van der Waals surface area contributed by atoms with Crippen LogP contribution < -0.4 is 15.6 Å². The zero-order chi connectivity index (χ0) is 21.2. The number of halogens is 3. The minimum Gasteiger partial charge on any atom is -0.484 e. The van der Waals surface area contributed by atoms with Crippen molar-refractivity contribution in [1.82, 2.24) is 10.9 Å². The highest BCUT2D eigenvalue weighted by Crippen LogP contribution is 2.50. The number of hydrogen-bond acceptors (Lipinski definition) is 3. The van der Waals surface area contributed by atoms with Crippen LogP contribution in [0.3, 0.4) is 0 Å². The first-order valence-corrected chi connectivity index (χ1v) is 9.11. The first kappa shape index (κ1) is 20.7. The molecule has 2 N–H and O–H groups in total. The van der Waals surface area contributed by atoms with Crippen molar-refractivity contribution in [3.63, 3.8) is 0 Å². The van der Waals surface area contributed by atoms with Crippen molar-refractivity contribution in [2.75, 3.05) is 6.61 Å². The van der Waals surface area contributed by atoms with Gasteiger partial charge in [0.1, 0.15) is 5.75 Å². The minimum absolute atomic E-state index is 0.101. The molecule has 1 aliphatic rings. The number of alkyl halides is 3. The molecule has 1 saturated carbocycles. The quantitative estimate of drug-likeness (QED) is 0.745. The lowest BCUT2D eigenvalue weighted by Gasteiger charge is -2.13. The van der Waals surface area contributed by atoms with Crippen LogP contribution in [-0.2, 0) is 15.8 Å². The Morgan fingerprint density at radius 1 is 1.07 bits per heavy atom. The third-order valence-electron chi connectivity index (χ3n) is 4.97. The summed E-state index contributed by atoms with van der Waals surface area (Å²) in [5.74, 6) is -1.69. The zero-order valence-corrected chi connectivity index (χ0v) is 16.0. The molecule has 2 unspecified atom stereocenters. The second kappa shape index (κ2) is 8.14. The molecule has 29 heavy (non-hydrogen) atoms. The predicted molar refractivity (Wildman–Crippen MR) is 100.0 cm³/mol. The molecule has 154 valence electrons. The van der Waals surface area contributed by atoms with E-state index in [2.05, 4.69) is 10.9 Å². The molecule has 0 bridgehead atoms. The average molecular weight is 406 g/mol. The number of carbonyl (C=O) groups is 2. The van der Waals surface area contributed by atoms with Gasteiger partial charge in [-0.3, -0.25) is 20.4 Å². The number of hydrogen-bond donors (Lipinski definition) is 2. The number of aryl methyl sites for hydroxylation is 2. The van der Waals surface area contributed by atoms with Gasteiger partial charge in [0.2, 0.25) is 5.91 Å². The molecule has 2 amide bonds. The van der Waals surface area contributed by atoms with Crippen LogP contribution in [0.15, 0.2) is 42.5 Å². The normalized spacial score (nSPS) is 18.1. The second-order valence-corrected chi connectivity index (χ2v) is 7.11. The summed E-state index contributed by atoms with van der Waals surface area (Å²) >= 11 is 0. The van der Waals surface area contributed by atoms with E-state index in [0.717, 1.165) is 17.2 Å². The van der Waals surface area contributed by atoms with Crippen molar-refractivity contribution in [3.8, 4) is 5.75 Å². The monoisotopic (exact) mass is 406 g/mol. The number of ether oxygens (including phenoxy) is 1. The van der Waals surface area contributed by atoms with Crippen LogP contribution in [0, 0.1) is 19.8 Å². The van der Waals surface area contributed by atoms with Crippen LogP contribution >= 0.6 is 0 Å². The topological polar surface area (TPSA) is 67.4 Å². The Kier molecular flexibility index (Phi) is 5.81. The average Bonchev–Trinajstić information content (AvgIpc) is 3.47. The van der Waals surface area contributed by atoms with Gasteiger partial charge in [0, 0.05) is 5.92 Å². The van der Waals surface area contributed by atoms with Crippen LogP contribution in [0.25, 0.3) is 0 Å². The summed E-state index contributed by atoms with van der Waals surface area (Å²) in [7, 11) is 0. The fraction of sp³-hybridized carbons (Fsp3) is 0.333. The van der Waals surface area contributed by atoms with Crippen molar-refractivity contribution < 1.29 is 27.5 Å². The van der Waals surface area contributed by atoms with Gasteiger partial charge in [0.05, 0.1) is 5.56 Å². The van der Waals surface area contributed by atoms with E-state index >= 15 is 0 Å². The first-order chi connectivity index (χ1) is 13.7. The van der Waals surface area contributed by atoms with Gasteiger partial charge in [-0.2, -0.15) is 13.2 Å². The molecule has 1 aliphatic carbocycles. The third-order valence-corrected chi connectivity index (χ3v) is 4.97. The summed E-state index contributed by atoms with van der Waals surface area (Å²) < 4.78 is 44.7. The lowest BCUT2D eigenvalue weighted by Crippen LogP contribution is -2.44. The van der Waals surface area contributed by atoms with Gasteiger partial charge in [0.25, 0.3) is 5.91 Å². The Labute approximate surface area is 166 Å². The molecule has 1 fully saturated rings. The van der Waals surface area contributed by atoms with Gasteiger partial charge >= 0.3 is 6.18 Å². The number of rotatable bonds is 5. The fourth-order valence-electron chi connectivity index (χ4n) is 3.12. The van der Waals surface area contributed by atoms with E-state index in [1.165, 1.54) is 18.2 Å². The third kappa shape index (κ3) is 5.07. The van der Waals surface area contributed by atoms with E-state index in [4.69, 9.17) is 4.74 Å². The summed E-state index contributed by atoms with van der Waals surface area (Å²) in [4.78, 5) is 24.0. The maximum absolute atomic E-state index is 13.1. The van der Waals surface area contributed by atoms with Crippen molar-refractivity contribution in [1.29, 1.82) is 0 Å². The molecular formula is C21H21F3N2O3. The maximum Gasteiger partial charge on any atom is 0.416 e. The molecule has 2 aromatic rings. The summed E-state index contributed by atoms with van der Waals surface area (Å²) in [6.45, 7) is 3.58. The predicted octanol–water partition coefficient (Wildman–Crippen LogP) is 3.65. The van der Waals surface area contributed by atoms with E-state index in [-0.39, 0.29) is 12.2 Å². The van der Waals surface area contributed by atoms with Crippen LogP contribution in [0.2, 0.25) is 0 Å². The molecule has 0 spiro atoms. The van der Waals surface area contributed by atoms with Crippen molar-refractivity contribution in [3.05, 3.63) is 64.7 Å². The molecule has 2 aromatic carbocycles. The second-order valence-electron chi connectivity index (χ2n) is 7.11. The summed E-state index contributed by atoms with van der Waals surface area (Å²) in [6.07, 6.45) is -4.17. The Balaban J connectivity index is 1.48. The Bertz CT molecular complexity index is 928. The molecule has 2 atom stereocenters. The van der Waals surface area contributed by atoms with Crippen molar-refractivity contribution in [2.45, 2.75) is 32.4 Å². The highest BCUT2D eigenvalue weighted by molar-refractivity contribution is 5.86. The first-order valence-electron chi connectivity index (χ1n) is 9.11. The van der Waals surface area contributed by atoms with E-state index < -0.39 is 35.4 Å². The van der Waals surface area contributed by atoms with Crippen molar-refractivity contribution >= 4 is 11.8 Å². The number of amides is 2. The smallest absolute Gasteiger partial charge is 0.416 e. The lowest BCUT2D eigenvalue weighted by molar-refractivity contribution is -0.138. The summed E-state index contributed by atoms with van der Waals surface area (Å²) in [6, 6.07) is 10.6. The Morgan fingerprint density at radius 3 is 2.48 bits per heavy atom. The number of hydrazine groups is 1. The van der Waals surface area contributed by atoms with Crippen molar-refractivity contribution in [2.24, 2.45) is 5.92 Å². The summed E-state index contributed by atoms with van der Waals surface area (Å²) in [5.41, 5.74) is 5.98. The van der Waals surface area contributed by atoms with Crippen LogP contribution in [0.1, 0.15) is 34.6 Å². The van der Waals surface area contributed by atoms with E-state index in [0.29, 0.717) is 12.2 Å². The maximum atomic E-state index is 13.1. The highest BCUT2D eigenvalue weighted by atomic mass is 19.4. The van der Waals surface area contributed by atoms with E-state index in [1.54, 1.807) is 12.1 Å². The highest BCUT2D eigenvalue weighted by Gasteiger charge is 2.47. The van der Waals surface area contributed by atoms with Gasteiger partial charge in [-0.15, -0.1) is 0 Å². The van der Waals surface area contributed by atoms with E-state index in [9.17, 15) is 22.8 Å². The molecule has 5 nitrogen and oxygen atoms in total. The lowest BCUT2D eigenvalue weighted by atomic mass is 10.0. The van der Waals surface area contributed by atoms with Gasteiger partial charge < -0.3 is 4.74 Å². The zero-order valence-electron chi connectivity index (χ0n) is 16.0. The molecule has 3 rings (SSSR count). The molecule has 0 radical (unpaired) electrons. The summed E-state index contributed by atoms with van der Waals surface area (Å²) in [5, 5.41) is 0. The van der Waals surface area contributed by atoms with Gasteiger partial charge in [-0.1, -0.05) is 24.3 Å². The van der Waals surface area contributed by atoms with Crippen LogP contribution in [0.5, 0.6) is 5.75 Å². The molecule has 0 aromatic heterocycles. The molecule has 0 aliphatic heterocycles. The standard InChI is InChI=1S/C21H21F3N2O3/c1-12-7-8-14(9-13(12)2)29-11-19(27)25-26-20(28)17-10-16(17)15-5-3-4-6-18(15)21(22,23)24/h3-9,16-17H,10-11H2,1-2H3,(H,25,27)(H,26,28). The largest absolute Gasteiger partial charge is 0.484 e. The number of nitrogens with one attached hydrogen (secondary N) is 2. The Hall–Kier alpha value is -3.03. The molecular weight excluding hydrogens is 385 g/mol. The Morgan fingerprint density at radius 2 is 1.79 bits per heavy atom. The number of benzene rings is 2. The minimum atomic E-state index is -4.47. The van der Waals surface area contributed by atoms with Gasteiger partial charge in [0.15, 0.2) is 6.61 Å². The van der Waals surface area contributed by atoms with Crippen LogP contribution in [0.4, 0.5) is 13.2 Å². The van der Waals surface area contributed by atoms with Gasteiger partial charge in [-0.05, 0) is 61.1 Å². The number of carbonyl (C=O) groups excluding carboxylic acids is 2. The fourth-order valence-corrected chi connectivity index (χ4v) is 3.12.